The first-order valence-corrected chi connectivity index (χ1v) is 4.02. The Morgan fingerprint density at radius 2 is 2.42 bits per heavy atom. The first kappa shape index (κ1) is 7.76. The molecule has 2 aliphatic rings. The maximum Gasteiger partial charge on any atom is 0.247 e. The third-order valence-electron chi connectivity index (χ3n) is 2.39. The summed E-state index contributed by atoms with van der Waals surface area (Å²) in [4.78, 5) is 12.8. The second-order valence-corrected chi connectivity index (χ2v) is 3.30. The lowest BCUT2D eigenvalue weighted by atomic mass is 9.97. The van der Waals surface area contributed by atoms with Crippen LogP contribution >= 0.6 is 0 Å². The maximum absolute atomic E-state index is 11.1. The zero-order valence-corrected chi connectivity index (χ0v) is 6.88. The highest BCUT2D eigenvalue weighted by atomic mass is 16.5. The summed E-state index contributed by atoms with van der Waals surface area (Å²) in [5.74, 6) is -0.0428. The zero-order valence-electron chi connectivity index (χ0n) is 6.88. The van der Waals surface area contributed by atoms with E-state index in [0.29, 0.717) is 13.3 Å². The van der Waals surface area contributed by atoms with Gasteiger partial charge in [-0.2, -0.15) is 0 Å². The van der Waals surface area contributed by atoms with Crippen LogP contribution in [0.25, 0.3) is 0 Å². The minimum absolute atomic E-state index is 0.0428. The molecule has 12 heavy (non-hydrogen) atoms. The molecule has 66 valence electrons. The van der Waals surface area contributed by atoms with Crippen molar-refractivity contribution in [3.8, 4) is 0 Å². The normalized spacial score (nSPS) is 25.5. The number of nitrogens with one attached hydrogen (secondary N) is 1. The Bertz CT molecular complexity index is 223. The average molecular weight is 168 g/mol. The number of rotatable bonds is 1. The van der Waals surface area contributed by atoms with Crippen LogP contribution in [0.3, 0.4) is 0 Å². The van der Waals surface area contributed by atoms with E-state index < -0.39 is 0 Å². The number of ether oxygens (including phenoxy) is 1. The maximum atomic E-state index is 11.1. The van der Waals surface area contributed by atoms with Gasteiger partial charge in [0.2, 0.25) is 5.91 Å². The topological polar surface area (TPSA) is 41.6 Å². The number of amides is 1. The van der Waals surface area contributed by atoms with Crippen molar-refractivity contribution < 1.29 is 9.53 Å². The molecule has 0 aromatic carbocycles. The molecule has 2 saturated heterocycles. The molecule has 2 heterocycles. The van der Waals surface area contributed by atoms with E-state index in [2.05, 4.69) is 11.9 Å². The van der Waals surface area contributed by atoms with Crippen LogP contribution in [0.4, 0.5) is 0 Å². The van der Waals surface area contributed by atoms with Crippen LogP contribution in [0, 0.1) is 0 Å². The number of carbonyl (C=O) groups excluding carboxylic acids is 1. The van der Waals surface area contributed by atoms with E-state index in [4.69, 9.17) is 4.74 Å². The summed E-state index contributed by atoms with van der Waals surface area (Å²) in [6, 6.07) is 0. The van der Waals surface area contributed by atoms with Gasteiger partial charge in [0.1, 0.15) is 12.3 Å². The molecule has 2 fully saturated rings. The monoisotopic (exact) mass is 168 g/mol. The SMILES string of the molecule is C=CC(=O)N1COC2(CNC2)C1. The molecule has 0 bridgehead atoms. The van der Waals surface area contributed by atoms with Gasteiger partial charge < -0.3 is 15.0 Å². The fraction of sp³-hybridized carbons (Fsp3) is 0.625. The Balaban J connectivity index is 1.97. The first-order valence-electron chi connectivity index (χ1n) is 4.02. The lowest BCUT2D eigenvalue weighted by Crippen LogP contribution is -2.61. The Labute approximate surface area is 71.2 Å². The largest absolute Gasteiger partial charge is 0.350 e. The van der Waals surface area contributed by atoms with E-state index >= 15 is 0 Å². The van der Waals surface area contributed by atoms with Crippen LogP contribution in [0.1, 0.15) is 0 Å². The van der Waals surface area contributed by atoms with Gasteiger partial charge in [-0.25, -0.2) is 0 Å². The predicted octanol–water partition coefficient (Wildman–Crippen LogP) is -0.669. The summed E-state index contributed by atoms with van der Waals surface area (Å²) >= 11 is 0. The van der Waals surface area contributed by atoms with Crippen LogP contribution in [0.15, 0.2) is 12.7 Å². The van der Waals surface area contributed by atoms with E-state index in [1.54, 1.807) is 4.90 Å². The van der Waals surface area contributed by atoms with Crippen molar-refractivity contribution in [3.63, 3.8) is 0 Å². The molecule has 1 N–H and O–H groups in total. The second kappa shape index (κ2) is 2.57. The Hall–Kier alpha value is -0.870. The quantitative estimate of drug-likeness (QED) is 0.528. The standard InChI is InChI=1S/C8H12N2O2/c1-2-7(11)10-5-8(12-6-10)3-9-4-8/h2,9H,1,3-6H2. The molecule has 1 spiro atoms. The van der Waals surface area contributed by atoms with Crippen LogP contribution < -0.4 is 5.32 Å². The molecule has 0 saturated carbocycles. The molecule has 0 aliphatic carbocycles. The van der Waals surface area contributed by atoms with Crippen molar-refractivity contribution in [1.82, 2.24) is 10.2 Å². The Morgan fingerprint density at radius 1 is 1.67 bits per heavy atom. The molecule has 4 heteroatoms. The van der Waals surface area contributed by atoms with Crippen molar-refractivity contribution in [2.24, 2.45) is 0 Å². The third-order valence-corrected chi connectivity index (χ3v) is 2.39. The lowest BCUT2D eigenvalue weighted by molar-refractivity contribution is -0.126. The molecule has 0 atom stereocenters. The van der Waals surface area contributed by atoms with Crippen LogP contribution in [-0.4, -0.2) is 42.8 Å². The summed E-state index contributed by atoms with van der Waals surface area (Å²) in [6.07, 6.45) is 1.33. The molecule has 0 unspecified atom stereocenters. The third kappa shape index (κ3) is 1.04. The summed E-state index contributed by atoms with van der Waals surface area (Å²) in [6.45, 7) is 6.25. The lowest BCUT2D eigenvalue weighted by Gasteiger charge is -2.37. The van der Waals surface area contributed by atoms with Gasteiger partial charge in [-0.15, -0.1) is 0 Å². The molecule has 1 amide bonds. The zero-order chi connectivity index (χ0) is 8.60. The summed E-state index contributed by atoms with van der Waals surface area (Å²) in [7, 11) is 0. The van der Waals surface area contributed by atoms with Gasteiger partial charge in [0.15, 0.2) is 0 Å². The number of carbonyl (C=O) groups is 1. The molecular formula is C8H12N2O2. The first-order chi connectivity index (χ1) is 5.76. The van der Waals surface area contributed by atoms with Gasteiger partial charge in [-0.1, -0.05) is 6.58 Å². The van der Waals surface area contributed by atoms with Crippen LogP contribution in [0.5, 0.6) is 0 Å². The van der Waals surface area contributed by atoms with Crippen molar-refractivity contribution in [1.29, 1.82) is 0 Å². The number of hydrogen-bond acceptors (Lipinski definition) is 3. The van der Waals surface area contributed by atoms with E-state index in [0.717, 1.165) is 13.1 Å². The van der Waals surface area contributed by atoms with E-state index in [9.17, 15) is 4.79 Å². The van der Waals surface area contributed by atoms with Crippen molar-refractivity contribution in [3.05, 3.63) is 12.7 Å². The molecule has 2 aliphatic heterocycles. The molecular weight excluding hydrogens is 156 g/mol. The van der Waals surface area contributed by atoms with Gasteiger partial charge in [-0.05, 0) is 6.08 Å². The van der Waals surface area contributed by atoms with Gasteiger partial charge in [0.05, 0.1) is 6.54 Å². The number of hydrogen-bond donors (Lipinski definition) is 1. The van der Waals surface area contributed by atoms with E-state index in [-0.39, 0.29) is 11.5 Å². The van der Waals surface area contributed by atoms with Gasteiger partial charge in [0, 0.05) is 13.1 Å². The van der Waals surface area contributed by atoms with Crippen LogP contribution in [0.2, 0.25) is 0 Å². The Kier molecular flexibility index (Phi) is 1.66. The smallest absolute Gasteiger partial charge is 0.247 e. The van der Waals surface area contributed by atoms with Gasteiger partial charge in [-0.3, -0.25) is 4.79 Å². The predicted molar refractivity (Wildman–Crippen MR) is 43.5 cm³/mol. The average Bonchev–Trinajstić information content (AvgIpc) is 2.46. The summed E-state index contributed by atoms with van der Waals surface area (Å²) < 4.78 is 5.51. The van der Waals surface area contributed by atoms with Gasteiger partial charge >= 0.3 is 0 Å². The second-order valence-electron chi connectivity index (χ2n) is 3.30. The molecule has 4 nitrogen and oxygen atoms in total. The Morgan fingerprint density at radius 3 is 2.83 bits per heavy atom. The van der Waals surface area contributed by atoms with Gasteiger partial charge in [0.25, 0.3) is 0 Å². The fourth-order valence-electron chi connectivity index (χ4n) is 1.54. The van der Waals surface area contributed by atoms with Crippen LogP contribution in [-0.2, 0) is 9.53 Å². The molecule has 0 aromatic rings. The minimum Gasteiger partial charge on any atom is -0.350 e. The summed E-state index contributed by atoms with van der Waals surface area (Å²) in [5.41, 5.74) is -0.0847. The highest BCUT2D eigenvalue weighted by molar-refractivity contribution is 5.87. The van der Waals surface area contributed by atoms with E-state index in [1.165, 1.54) is 6.08 Å². The van der Waals surface area contributed by atoms with Crippen molar-refractivity contribution in [2.45, 2.75) is 5.60 Å². The van der Waals surface area contributed by atoms with E-state index in [1.807, 2.05) is 0 Å². The molecule has 0 radical (unpaired) electrons. The fourth-order valence-corrected chi connectivity index (χ4v) is 1.54. The highest BCUT2D eigenvalue weighted by Gasteiger charge is 2.45. The van der Waals surface area contributed by atoms with Crippen molar-refractivity contribution >= 4 is 5.91 Å². The number of nitrogens with zero attached hydrogens (tertiary/aromatic N) is 1. The molecule has 2 rings (SSSR count). The minimum atomic E-state index is -0.0847. The molecule has 0 aromatic heterocycles. The van der Waals surface area contributed by atoms with Crippen molar-refractivity contribution in [2.75, 3.05) is 26.4 Å². The summed E-state index contributed by atoms with van der Waals surface area (Å²) in [5, 5.41) is 3.13. The highest BCUT2D eigenvalue weighted by Crippen LogP contribution is 2.24.